The summed E-state index contributed by atoms with van der Waals surface area (Å²) in [5, 5.41) is 2.61. The number of methoxy groups -OCH3 is 1. The van der Waals surface area contributed by atoms with Crippen LogP contribution in [-0.2, 0) is 0 Å². The van der Waals surface area contributed by atoms with Crippen LogP contribution in [0.5, 0.6) is 11.5 Å². The summed E-state index contributed by atoms with van der Waals surface area (Å²) in [4.78, 5) is 0. The van der Waals surface area contributed by atoms with E-state index in [4.69, 9.17) is 21.1 Å². The van der Waals surface area contributed by atoms with Crippen molar-refractivity contribution in [2.24, 2.45) is 0 Å². The molecule has 6 heteroatoms. The molecule has 0 unspecified atom stereocenters. The molecule has 0 aliphatic carbocycles. The van der Waals surface area contributed by atoms with Gasteiger partial charge < -0.3 is 14.9 Å². The number of fused-ring (bicyclic) bond motifs is 3. The maximum Gasteiger partial charge on any atom is 0.196 e. The molecule has 29 heavy (non-hydrogen) atoms. The highest BCUT2D eigenvalue weighted by molar-refractivity contribution is 6.30. The predicted molar refractivity (Wildman–Crippen MR) is 110 cm³/mol. The Labute approximate surface area is 173 Å². The van der Waals surface area contributed by atoms with Gasteiger partial charge in [-0.1, -0.05) is 35.9 Å². The highest BCUT2D eigenvalue weighted by Gasteiger charge is 2.40. The highest BCUT2D eigenvalue weighted by atomic mass is 35.5. The minimum atomic E-state index is -0.497. The zero-order valence-corrected chi connectivity index (χ0v) is 16.4. The summed E-state index contributed by atoms with van der Waals surface area (Å²) in [6.45, 7) is 0. The van der Waals surface area contributed by atoms with Crippen LogP contribution in [0.15, 0.2) is 72.8 Å². The normalized spacial score (nSPS) is 20.2. The van der Waals surface area contributed by atoms with Gasteiger partial charge in [-0.25, -0.2) is 4.39 Å². The molecule has 0 amide bonds. The first-order chi connectivity index (χ1) is 14.1. The van der Waals surface area contributed by atoms with E-state index >= 15 is 0 Å². The standard InChI is InChI=1S/C23H18ClFN2O2/c1-28-18-7-3-4-14(11-18)20-13-21-19-12-16(24)8-9-22(19)29-23(27(21)26-20)15-5-2-6-17(25)10-15/h2-13,21,23,26H,1H3/t21-,23+/m1/s1. The van der Waals surface area contributed by atoms with E-state index in [1.165, 1.54) is 12.1 Å². The van der Waals surface area contributed by atoms with Gasteiger partial charge in [0.05, 0.1) is 18.8 Å². The quantitative estimate of drug-likeness (QED) is 0.622. The Hall–Kier alpha value is -3.02. The first-order valence-corrected chi connectivity index (χ1v) is 9.63. The van der Waals surface area contributed by atoms with Crippen LogP contribution in [-0.4, -0.2) is 12.1 Å². The third-order valence-electron chi connectivity index (χ3n) is 5.17. The van der Waals surface area contributed by atoms with E-state index in [9.17, 15) is 4.39 Å². The van der Waals surface area contributed by atoms with Crippen molar-refractivity contribution < 1.29 is 13.9 Å². The lowest BCUT2D eigenvalue weighted by Crippen LogP contribution is -2.43. The van der Waals surface area contributed by atoms with E-state index in [1.54, 1.807) is 19.2 Å². The number of hydrogen-bond donors (Lipinski definition) is 1. The van der Waals surface area contributed by atoms with Gasteiger partial charge in [0, 0.05) is 21.7 Å². The van der Waals surface area contributed by atoms with Gasteiger partial charge in [-0.15, -0.1) is 0 Å². The molecule has 2 heterocycles. The van der Waals surface area contributed by atoms with Crippen LogP contribution in [0.25, 0.3) is 5.70 Å². The number of halogens is 2. The minimum absolute atomic E-state index is 0.119. The average Bonchev–Trinajstić information content (AvgIpc) is 3.19. The van der Waals surface area contributed by atoms with Gasteiger partial charge in [0.25, 0.3) is 0 Å². The maximum absolute atomic E-state index is 13.9. The van der Waals surface area contributed by atoms with Crippen molar-refractivity contribution in [2.75, 3.05) is 7.11 Å². The van der Waals surface area contributed by atoms with E-state index in [2.05, 4.69) is 11.5 Å². The molecular formula is C23H18ClFN2O2. The molecule has 0 bridgehead atoms. The van der Waals surface area contributed by atoms with E-state index in [1.807, 2.05) is 47.5 Å². The van der Waals surface area contributed by atoms with E-state index in [-0.39, 0.29) is 11.9 Å². The van der Waals surface area contributed by atoms with Crippen molar-refractivity contribution in [1.29, 1.82) is 0 Å². The predicted octanol–water partition coefficient (Wildman–Crippen LogP) is 5.48. The third kappa shape index (κ3) is 3.22. The van der Waals surface area contributed by atoms with Gasteiger partial charge in [-0.2, -0.15) is 5.01 Å². The molecule has 0 saturated carbocycles. The van der Waals surface area contributed by atoms with Crippen LogP contribution in [0.1, 0.15) is 29.0 Å². The van der Waals surface area contributed by atoms with Crippen molar-refractivity contribution in [2.45, 2.75) is 12.3 Å². The lowest BCUT2D eigenvalue weighted by Gasteiger charge is -2.39. The maximum atomic E-state index is 13.9. The van der Waals surface area contributed by atoms with E-state index < -0.39 is 6.23 Å². The van der Waals surface area contributed by atoms with Gasteiger partial charge in [-0.3, -0.25) is 0 Å². The SMILES string of the molecule is COc1cccc(C2=C[C@@H]3c4cc(Cl)ccc4O[C@@H](c4cccc(F)c4)N3N2)c1. The summed E-state index contributed by atoms with van der Waals surface area (Å²) in [5.41, 5.74) is 7.03. The van der Waals surface area contributed by atoms with E-state index in [0.717, 1.165) is 33.9 Å². The van der Waals surface area contributed by atoms with Crippen LogP contribution >= 0.6 is 11.6 Å². The fourth-order valence-electron chi connectivity index (χ4n) is 3.80. The molecule has 146 valence electrons. The lowest BCUT2D eigenvalue weighted by atomic mass is 10.0. The number of nitrogens with one attached hydrogen (secondary N) is 1. The second kappa shape index (κ2) is 7.10. The fourth-order valence-corrected chi connectivity index (χ4v) is 3.98. The second-order valence-corrected chi connectivity index (χ2v) is 7.42. The summed E-state index contributed by atoms with van der Waals surface area (Å²) < 4.78 is 25.5. The Kier molecular flexibility index (Phi) is 4.42. The topological polar surface area (TPSA) is 33.7 Å². The minimum Gasteiger partial charge on any atom is -0.497 e. The molecule has 2 atom stereocenters. The second-order valence-electron chi connectivity index (χ2n) is 6.98. The average molecular weight is 409 g/mol. The zero-order chi connectivity index (χ0) is 20.0. The summed E-state index contributed by atoms with van der Waals surface area (Å²) >= 11 is 6.25. The molecule has 0 radical (unpaired) electrons. The molecule has 2 aliphatic heterocycles. The molecule has 4 nitrogen and oxygen atoms in total. The molecule has 3 aromatic carbocycles. The van der Waals surface area contributed by atoms with Gasteiger partial charge in [0.2, 0.25) is 0 Å². The largest absolute Gasteiger partial charge is 0.497 e. The monoisotopic (exact) mass is 408 g/mol. The molecular weight excluding hydrogens is 391 g/mol. The van der Waals surface area contributed by atoms with Crippen LogP contribution in [0.4, 0.5) is 4.39 Å². The summed E-state index contributed by atoms with van der Waals surface area (Å²) in [6, 6.07) is 19.7. The van der Waals surface area contributed by atoms with Crippen molar-refractivity contribution in [3.8, 4) is 11.5 Å². The smallest absolute Gasteiger partial charge is 0.196 e. The van der Waals surface area contributed by atoms with Crippen molar-refractivity contribution in [1.82, 2.24) is 10.4 Å². The van der Waals surface area contributed by atoms with Crippen molar-refractivity contribution in [3.05, 3.63) is 100 Å². The Balaban J connectivity index is 1.60. The zero-order valence-electron chi connectivity index (χ0n) is 15.6. The Morgan fingerprint density at radius 3 is 2.76 bits per heavy atom. The Bertz CT molecular complexity index is 1120. The van der Waals surface area contributed by atoms with Gasteiger partial charge in [0.15, 0.2) is 6.23 Å². The van der Waals surface area contributed by atoms with Crippen LogP contribution in [0.2, 0.25) is 5.02 Å². The molecule has 5 rings (SSSR count). The third-order valence-corrected chi connectivity index (χ3v) is 5.41. The Morgan fingerprint density at radius 1 is 1.07 bits per heavy atom. The number of nitrogens with zero attached hydrogens (tertiary/aromatic N) is 1. The van der Waals surface area contributed by atoms with Gasteiger partial charge in [-0.05, 0) is 48.5 Å². The summed E-state index contributed by atoms with van der Waals surface area (Å²) in [6.07, 6.45) is 1.63. The molecule has 0 aromatic heterocycles. The number of ether oxygens (including phenoxy) is 2. The lowest BCUT2D eigenvalue weighted by molar-refractivity contribution is -0.0328. The first kappa shape index (κ1) is 18.0. The van der Waals surface area contributed by atoms with Crippen molar-refractivity contribution >= 4 is 17.3 Å². The number of rotatable bonds is 3. The fraction of sp³-hybridized carbons (Fsp3) is 0.130. The molecule has 2 aliphatic rings. The molecule has 0 fully saturated rings. The molecule has 1 N–H and O–H groups in total. The van der Waals surface area contributed by atoms with Crippen LogP contribution in [0, 0.1) is 5.82 Å². The van der Waals surface area contributed by atoms with Gasteiger partial charge >= 0.3 is 0 Å². The van der Waals surface area contributed by atoms with E-state index in [0.29, 0.717) is 5.02 Å². The van der Waals surface area contributed by atoms with Crippen molar-refractivity contribution in [3.63, 3.8) is 0 Å². The van der Waals surface area contributed by atoms with Crippen LogP contribution < -0.4 is 14.9 Å². The Morgan fingerprint density at radius 2 is 1.93 bits per heavy atom. The molecule has 0 spiro atoms. The number of benzene rings is 3. The highest BCUT2D eigenvalue weighted by Crippen LogP contribution is 2.46. The van der Waals surface area contributed by atoms with Gasteiger partial charge in [0.1, 0.15) is 17.3 Å². The number of hydrogen-bond acceptors (Lipinski definition) is 4. The number of hydrazine groups is 1. The summed E-state index contributed by atoms with van der Waals surface area (Å²) in [5.74, 6) is 1.20. The molecule has 3 aromatic rings. The van der Waals surface area contributed by atoms with Crippen LogP contribution in [0.3, 0.4) is 0 Å². The first-order valence-electron chi connectivity index (χ1n) is 9.25. The molecule has 0 saturated heterocycles. The summed E-state index contributed by atoms with van der Waals surface area (Å²) in [7, 11) is 1.64.